The van der Waals surface area contributed by atoms with Crippen LogP contribution in [0.5, 0.6) is 0 Å². The first-order chi connectivity index (χ1) is 12.7. The summed E-state index contributed by atoms with van der Waals surface area (Å²) < 4.78 is 1.87. The number of aromatic nitrogens is 4. The summed E-state index contributed by atoms with van der Waals surface area (Å²) in [6, 6.07) is 17.5. The van der Waals surface area contributed by atoms with Gasteiger partial charge in [0.25, 0.3) is 5.56 Å². The topological polar surface area (TPSA) is 89.6 Å². The number of benzene rings is 2. The van der Waals surface area contributed by atoms with E-state index in [1.54, 1.807) is 18.5 Å². The first-order valence-electron chi connectivity index (χ1n) is 8.56. The molecular formula is C20H19N5O. The molecule has 6 nitrogen and oxygen atoms in total. The number of hydrogen-bond acceptors (Lipinski definition) is 4. The van der Waals surface area contributed by atoms with E-state index in [9.17, 15) is 4.79 Å². The van der Waals surface area contributed by atoms with Gasteiger partial charge in [-0.25, -0.2) is 9.97 Å². The zero-order valence-electron chi connectivity index (χ0n) is 14.2. The zero-order chi connectivity index (χ0) is 17.9. The molecule has 0 fully saturated rings. The Morgan fingerprint density at radius 1 is 1.04 bits per heavy atom. The van der Waals surface area contributed by atoms with Gasteiger partial charge in [-0.05, 0) is 42.7 Å². The minimum Gasteiger partial charge on any atom is -0.399 e. The van der Waals surface area contributed by atoms with Crippen molar-refractivity contribution in [2.24, 2.45) is 0 Å². The number of nitrogen functional groups attached to an aromatic ring is 1. The van der Waals surface area contributed by atoms with E-state index in [0.717, 1.165) is 24.9 Å². The molecule has 130 valence electrons. The van der Waals surface area contributed by atoms with Gasteiger partial charge in [0, 0.05) is 17.8 Å². The third-order valence-electron chi connectivity index (χ3n) is 4.37. The molecule has 26 heavy (non-hydrogen) atoms. The number of anilines is 1. The van der Waals surface area contributed by atoms with E-state index in [1.807, 2.05) is 34.9 Å². The van der Waals surface area contributed by atoms with Crippen molar-refractivity contribution in [3.63, 3.8) is 0 Å². The lowest BCUT2D eigenvalue weighted by Gasteiger charge is -2.05. The molecule has 2 aromatic carbocycles. The number of nitrogens with one attached hydrogen (secondary N) is 1. The van der Waals surface area contributed by atoms with Gasteiger partial charge < -0.3 is 15.3 Å². The van der Waals surface area contributed by atoms with Crippen LogP contribution in [0.15, 0.2) is 65.7 Å². The number of nitrogens with two attached hydrogens (primary N) is 1. The summed E-state index contributed by atoms with van der Waals surface area (Å²) in [6.07, 6.45) is 3.56. The number of fused-ring (bicyclic) bond motifs is 1. The standard InChI is InChI=1S/C20H19N5O/c21-16-10-8-15(9-11-16)18-23-19-17(20(26)24-18)25(13-22-19)12-4-7-14-5-2-1-3-6-14/h1-3,5-6,8-11,13H,4,7,12,21H2,(H,23,24,26). The quantitative estimate of drug-likeness (QED) is 0.544. The molecule has 3 N–H and O–H groups in total. The van der Waals surface area contributed by atoms with Crippen molar-refractivity contribution >= 4 is 16.9 Å². The summed E-state index contributed by atoms with van der Waals surface area (Å²) in [5.41, 5.74) is 9.25. The molecule has 4 aromatic rings. The average Bonchev–Trinajstić information content (AvgIpc) is 3.07. The predicted octanol–water partition coefficient (Wildman–Crippen LogP) is 3.00. The summed E-state index contributed by atoms with van der Waals surface area (Å²) >= 11 is 0. The lowest BCUT2D eigenvalue weighted by Crippen LogP contribution is -2.13. The number of H-pyrrole nitrogens is 1. The molecule has 0 radical (unpaired) electrons. The minimum atomic E-state index is -0.181. The van der Waals surface area contributed by atoms with E-state index in [-0.39, 0.29) is 5.56 Å². The maximum absolute atomic E-state index is 12.6. The van der Waals surface area contributed by atoms with Crippen LogP contribution in [-0.4, -0.2) is 19.5 Å². The van der Waals surface area contributed by atoms with E-state index >= 15 is 0 Å². The highest BCUT2D eigenvalue weighted by molar-refractivity contribution is 5.73. The molecule has 4 rings (SSSR count). The number of hydrogen-bond donors (Lipinski definition) is 2. The Kier molecular flexibility index (Phi) is 4.23. The fourth-order valence-corrected chi connectivity index (χ4v) is 3.03. The molecular weight excluding hydrogens is 326 g/mol. The highest BCUT2D eigenvalue weighted by Crippen LogP contribution is 2.17. The van der Waals surface area contributed by atoms with Crippen LogP contribution in [0, 0.1) is 0 Å². The van der Waals surface area contributed by atoms with Gasteiger partial charge in [-0.2, -0.15) is 0 Å². The highest BCUT2D eigenvalue weighted by Gasteiger charge is 2.11. The molecule has 0 aliphatic heterocycles. The monoisotopic (exact) mass is 345 g/mol. The van der Waals surface area contributed by atoms with Crippen LogP contribution in [0.1, 0.15) is 12.0 Å². The molecule has 2 heterocycles. The van der Waals surface area contributed by atoms with Crippen molar-refractivity contribution in [3.05, 3.63) is 76.8 Å². The van der Waals surface area contributed by atoms with Crippen LogP contribution < -0.4 is 11.3 Å². The summed E-state index contributed by atoms with van der Waals surface area (Å²) in [4.78, 5) is 24.2. The highest BCUT2D eigenvalue weighted by atomic mass is 16.1. The van der Waals surface area contributed by atoms with E-state index in [4.69, 9.17) is 5.73 Å². The van der Waals surface area contributed by atoms with Gasteiger partial charge in [0.05, 0.1) is 6.33 Å². The summed E-state index contributed by atoms with van der Waals surface area (Å²) in [5.74, 6) is 0.497. The SMILES string of the molecule is Nc1ccc(-c2nc3ncn(CCCc4ccccc4)c3c(=O)[nH]2)cc1. The van der Waals surface area contributed by atoms with Gasteiger partial charge in [-0.15, -0.1) is 0 Å². The molecule has 2 aromatic heterocycles. The fourth-order valence-electron chi connectivity index (χ4n) is 3.03. The van der Waals surface area contributed by atoms with Crippen molar-refractivity contribution in [2.45, 2.75) is 19.4 Å². The first kappa shape index (κ1) is 16.1. The number of rotatable bonds is 5. The van der Waals surface area contributed by atoms with Crippen LogP contribution >= 0.6 is 0 Å². The lowest BCUT2D eigenvalue weighted by atomic mass is 10.1. The molecule has 0 aliphatic rings. The molecule has 0 spiro atoms. The molecule has 0 amide bonds. The largest absolute Gasteiger partial charge is 0.399 e. The summed E-state index contributed by atoms with van der Waals surface area (Å²) in [6.45, 7) is 0.720. The Hall–Kier alpha value is -3.41. The maximum atomic E-state index is 12.6. The number of nitrogens with zero attached hydrogens (tertiary/aromatic N) is 3. The van der Waals surface area contributed by atoms with Gasteiger partial charge >= 0.3 is 0 Å². The fraction of sp³-hybridized carbons (Fsp3) is 0.150. The van der Waals surface area contributed by atoms with Crippen LogP contribution in [-0.2, 0) is 13.0 Å². The third kappa shape index (κ3) is 3.21. The summed E-state index contributed by atoms with van der Waals surface area (Å²) in [5, 5.41) is 0. The number of aryl methyl sites for hydroxylation is 2. The molecule has 0 saturated carbocycles. The third-order valence-corrected chi connectivity index (χ3v) is 4.37. The Balaban J connectivity index is 1.58. The second kappa shape index (κ2) is 6.84. The summed E-state index contributed by atoms with van der Waals surface area (Å²) in [7, 11) is 0. The maximum Gasteiger partial charge on any atom is 0.277 e. The second-order valence-electron chi connectivity index (χ2n) is 6.24. The van der Waals surface area contributed by atoms with E-state index < -0.39 is 0 Å². The molecule has 6 heteroatoms. The van der Waals surface area contributed by atoms with Crippen molar-refractivity contribution < 1.29 is 0 Å². The molecule has 0 saturated heterocycles. The smallest absolute Gasteiger partial charge is 0.277 e. The van der Waals surface area contributed by atoms with Gasteiger partial charge in [0.2, 0.25) is 0 Å². The Bertz CT molecular complexity index is 1080. The van der Waals surface area contributed by atoms with Crippen molar-refractivity contribution in [3.8, 4) is 11.4 Å². The Labute approximate surface area is 150 Å². The second-order valence-corrected chi connectivity index (χ2v) is 6.24. The average molecular weight is 345 g/mol. The Morgan fingerprint density at radius 3 is 2.58 bits per heavy atom. The van der Waals surface area contributed by atoms with Gasteiger partial charge in [-0.1, -0.05) is 30.3 Å². The predicted molar refractivity (Wildman–Crippen MR) is 103 cm³/mol. The van der Waals surface area contributed by atoms with E-state index in [1.165, 1.54) is 5.56 Å². The van der Waals surface area contributed by atoms with Crippen molar-refractivity contribution in [1.82, 2.24) is 19.5 Å². The van der Waals surface area contributed by atoms with Gasteiger partial charge in [0.15, 0.2) is 11.2 Å². The molecule has 0 unspecified atom stereocenters. The first-order valence-corrected chi connectivity index (χ1v) is 8.56. The van der Waals surface area contributed by atoms with E-state index in [0.29, 0.717) is 22.7 Å². The van der Waals surface area contributed by atoms with Crippen molar-refractivity contribution in [1.29, 1.82) is 0 Å². The van der Waals surface area contributed by atoms with Crippen molar-refractivity contribution in [2.75, 3.05) is 5.73 Å². The van der Waals surface area contributed by atoms with Crippen LogP contribution in [0.25, 0.3) is 22.6 Å². The van der Waals surface area contributed by atoms with E-state index in [2.05, 4.69) is 27.1 Å². The van der Waals surface area contributed by atoms with Crippen LogP contribution in [0.4, 0.5) is 5.69 Å². The Morgan fingerprint density at radius 2 is 1.81 bits per heavy atom. The van der Waals surface area contributed by atoms with Crippen LogP contribution in [0.3, 0.4) is 0 Å². The van der Waals surface area contributed by atoms with Gasteiger partial charge in [0.1, 0.15) is 5.82 Å². The number of imidazole rings is 1. The minimum absolute atomic E-state index is 0.181. The van der Waals surface area contributed by atoms with Crippen LogP contribution in [0.2, 0.25) is 0 Å². The van der Waals surface area contributed by atoms with Gasteiger partial charge in [-0.3, -0.25) is 4.79 Å². The lowest BCUT2D eigenvalue weighted by molar-refractivity contribution is 0.655. The normalized spacial score (nSPS) is 11.1. The molecule has 0 aliphatic carbocycles. The molecule has 0 atom stereocenters. The number of aromatic amines is 1. The molecule has 0 bridgehead atoms. The zero-order valence-corrected chi connectivity index (χ0v) is 14.2.